The van der Waals surface area contributed by atoms with Gasteiger partial charge in [-0.05, 0) is 18.6 Å². The number of aromatic nitrogens is 1. The van der Waals surface area contributed by atoms with E-state index in [2.05, 4.69) is 15.6 Å². The number of rotatable bonds is 6. The third kappa shape index (κ3) is 4.29. The first-order valence-electron chi connectivity index (χ1n) is 7.25. The van der Waals surface area contributed by atoms with E-state index in [1.807, 2.05) is 13.8 Å². The lowest BCUT2D eigenvalue weighted by atomic mass is 10.1. The van der Waals surface area contributed by atoms with Crippen LogP contribution in [0.5, 0.6) is 5.75 Å². The Labute approximate surface area is 138 Å². The van der Waals surface area contributed by atoms with Gasteiger partial charge in [0.05, 0.1) is 12.7 Å². The Hall–Kier alpha value is -2.41. The predicted molar refractivity (Wildman–Crippen MR) is 91.1 cm³/mol. The molecule has 1 aromatic carbocycles. The third-order valence-electron chi connectivity index (χ3n) is 3.43. The van der Waals surface area contributed by atoms with Crippen LogP contribution in [0.1, 0.15) is 30.6 Å². The van der Waals surface area contributed by atoms with Gasteiger partial charge in [0.15, 0.2) is 5.13 Å². The molecule has 0 unspecified atom stereocenters. The monoisotopic (exact) mass is 333 g/mol. The van der Waals surface area contributed by atoms with Gasteiger partial charge in [-0.15, -0.1) is 11.3 Å². The molecule has 0 aliphatic carbocycles. The van der Waals surface area contributed by atoms with Gasteiger partial charge in [0, 0.05) is 29.2 Å². The van der Waals surface area contributed by atoms with Gasteiger partial charge in [0.25, 0.3) is 5.91 Å². The lowest BCUT2D eigenvalue weighted by Crippen LogP contribution is -2.20. The molecule has 122 valence electrons. The van der Waals surface area contributed by atoms with Crippen molar-refractivity contribution in [3.63, 3.8) is 0 Å². The van der Waals surface area contributed by atoms with Crippen LogP contribution in [0, 0.1) is 5.92 Å². The van der Waals surface area contributed by atoms with Crippen LogP contribution in [-0.4, -0.2) is 23.9 Å². The molecule has 0 saturated carbocycles. The van der Waals surface area contributed by atoms with E-state index in [1.54, 1.807) is 29.8 Å². The molecule has 1 heterocycles. The van der Waals surface area contributed by atoms with E-state index >= 15 is 0 Å². The van der Waals surface area contributed by atoms with Crippen molar-refractivity contribution in [2.24, 2.45) is 5.92 Å². The number of methoxy groups -OCH3 is 1. The predicted octanol–water partition coefficient (Wildman–Crippen LogP) is 3.39. The average molecular weight is 333 g/mol. The van der Waals surface area contributed by atoms with Crippen molar-refractivity contribution in [3.05, 3.63) is 35.3 Å². The molecule has 0 aliphatic heterocycles. The summed E-state index contributed by atoms with van der Waals surface area (Å²) in [5, 5.41) is 7.82. The molecule has 0 bridgehead atoms. The molecule has 0 radical (unpaired) electrons. The zero-order chi connectivity index (χ0) is 16.8. The number of amides is 2. The van der Waals surface area contributed by atoms with Crippen molar-refractivity contribution in [2.45, 2.75) is 20.3 Å². The van der Waals surface area contributed by atoms with E-state index in [-0.39, 0.29) is 17.7 Å². The smallest absolute Gasteiger partial charge is 0.261 e. The Morgan fingerprint density at radius 1 is 1.35 bits per heavy atom. The van der Waals surface area contributed by atoms with Gasteiger partial charge in [-0.1, -0.05) is 13.8 Å². The van der Waals surface area contributed by atoms with Gasteiger partial charge in [-0.3, -0.25) is 14.9 Å². The molecule has 2 amide bonds. The molecule has 0 fully saturated rings. The van der Waals surface area contributed by atoms with Crippen molar-refractivity contribution in [1.82, 2.24) is 4.98 Å². The second kappa shape index (κ2) is 7.73. The van der Waals surface area contributed by atoms with E-state index in [0.717, 1.165) is 6.42 Å². The van der Waals surface area contributed by atoms with Crippen molar-refractivity contribution in [2.75, 3.05) is 17.7 Å². The maximum Gasteiger partial charge on any atom is 0.261 e. The molecule has 2 aromatic rings. The van der Waals surface area contributed by atoms with E-state index < -0.39 is 0 Å². The Balaban J connectivity index is 2.16. The summed E-state index contributed by atoms with van der Waals surface area (Å²) in [6.07, 6.45) is 2.38. The number of hydrogen-bond donors (Lipinski definition) is 2. The molecule has 0 saturated heterocycles. The second-order valence-electron chi connectivity index (χ2n) is 5.00. The lowest BCUT2D eigenvalue weighted by molar-refractivity contribution is -0.119. The fourth-order valence-electron chi connectivity index (χ4n) is 1.86. The fourth-order valence-corrected chi connectivity index (χ4v) is 2.38. The maximum atomic E-state index is 12.3. The minimum atomic E-state index is -0.309. The van der Waals surface area contributed by atoms with E-state index in [4.69, 9.17) is 4.74 Å². The average Bonchev–Trinajstić information content (AvgIpc) is 3.06. The van der Waals surface area contributed by atoms with Crippen LogP contribution < -0.4 is 15.4 Å². The highest BCUT2D eigenvalue weighted by Crippen LogP contribution is 2.25. The van der Waals surface area contributed by atoms with Crippen LogP contribution in [0.3, 0.4) is 0 Å². The Kier molecular flexibility index (Phi) is 5.70. The van der Waals surface area contributed by atoms with Crippen molar-refractivity contribution < 1.29 is 14.3 Å². The molecule has 23 heavy (non-hydrogen) atoms. The first-order chi connectivity index (χ1) is 11.0. The van der Waals surface area contributed by atoms with Crippen LogP contribution in [0.15, 0.2) is 29.8 Å². The summed E-state index contributed by atoms with van der Waals surface area (Å²) in [5.41, 5.74) is 0.974. The van der Waals surface area contributed by atoms with Gasteiger partial charge >= 0.3 is 0 Å². The van der Waals surface area contributed by atoms with Crippen LogP contribution in [0.4, 0.5) is 10.8 Å². The molecule has 1 atom stereocenters. The summed E-state index contributed by atoms with van der Waals surface area (Å²) < 4.78 is 5.27. The van der Waals surface area contributed by atoms with Crippen molar-refractivity contribution in [1.29, 1.82) is 0 Å². The number of nitrogens with one attached hydrogen (secondary N) is 2. The van der Waals surface area contributed by atoms with Crippen LogP contribution >= 0.6 is 11.3 Å². The number of hydrogen-bond acceptors (Lipinski definition) is 5. The SMILES string of the molecule is CC[C@@H](C)C(=O)Nc1ccc(C(=O)Nc2nccs2)c(OC)c1. The Morgan fingerprint density at radius 3 is 2.74 bits per heavy atom. The number of ether oxygens (including phenoxy) is 1. The fraction of sp³-hybridized carbons (Fsp3) is 0.312. The lowest BCUT2D eigenvalue weighted by Gasteiger charge is -2.13. The summed E-state index contributed by atoms with van der Waals surface area (Å²) in [4.78, 5) is 28.2. The van der Waals surface area contributed by atoms with Gasteiger partial charge in [-0.2, -0.15) is 0 Å². The first kappa shape index (κ1) is 17.0. The number of anilines is 2. The topological polar surface area (TPSA) is 80.3 Å². The van der Waals surface area contributed by atoms with E-state index in [1.165, 1.54) is 18.4 Å². The standard InChI is InChI=1S/C16H19N3O3S/c1-4-10(2)14(20)18-11-5-6-12(13(9-11)22-3)15(21)19-16-17-7-8-23-16/h5-10H,4H2,1-3H3,(H,18,20)(H,17,19,21)/t10-/m1/s1. The zero-order valence-corrected chi connectivity index (χ0v) is 14.1. The van der Waals surface area contributed by atoms with E-state index in [9.17, 15) is 9.59 Å². The summed E-state index contributed by atoms with van der Waals surface area (Å²) >= 11 is 1.34. The summed E-state index contributed by atoms with van der Waals surface area (Å²) in [6.45, 7) is 3.82. The Morgan fingerprint density at radius 2 is 2.13 bits per heavy atom. The molecule has 0 aliphatic rings. The number of carbonyl (C=O) groups excluding carboxylic acids is 2. The minimum absolute atomic E-state index is 0.0606. The molecule has 0 spiro atoms. The molecular formula is C16H19N3O3S. The van der Waals surface area contributed by atoms with Gasteiger partial charge in [-0.25, -0.2) is 4.98 Å². The Bertz CT molecular complexity index is 686. The zero-order valence-electron chi connectivity index (χ0n) is 13.3. The van der Waals surface area contributed by atoms with Crippen molar-refractivity contribution >= 4 is 34.0 Å². The van der Waals surface area contributed by atoms with Gasteiger partial charge in [0.2, 0.25) is 5.91 Å². The van der Waals surface area contributed by atoms with Crippen molar-refractivity contribution in [3.8, 4) is 5.75 Å². The summed E-state index contributed by atoms with van der Waals surface area (Å²) in [5.74, 6) is -0.0546. The molecule has 2 rings (SSSR count). The van der Waals surface area contributed by atoms with Crippen LogP contribution in [0.2, 0.25) is 0 Å². The molecule has 1 aromatic heterocycles. The highest BCUT2D eigenvalue weighted by molar-refractivity contribution is 7.13. The number of thiazole rings is 1. The van der Waals surface area contributed by atoms with Crippen LogP contribution in [0.25, 0.3) is 0 Å². The number of carbonyl (C=O) groups is 2. The minimum Gasteiger partial charge on any atom is -0.496 e. The van der Waals surface area contributed by atoms with Crippen LogP contribution in [-0.2, 0) is 4.79 Å². The third-order valence-corrected chi connectivity index (χ3v) is 4.11. The number of benzene rings is 1. The molecular weight excluding hydrogens is 314 g/mol. The normalized spacial score (nSPS) is 11.6. The number of nitrogens with zero attached hydrogens (tertiary/aromatic N) is 1. The second-order valence-corrected chi connectivity index (χ2v) is 5.90. The largest absolute Gasteiger partial charge is 0.496 e. The quantitative estimate of drug-likeness (QED) is 0.849. The maximum absolute atomic E-state index is 12.3. The molecule has 6 nitrogen and oxygen atoms in total. The first-order valence-corrected chi connectivity index (χ1v) is 8.12. The summed E-state index contributed by atoms with van der Waals surface area (Å²) in [7, 11) is 1.48. The van der Waals surface area contributed by atoms with E-state index in [0.29, 0.717) is 22.1 Å². The highest BCUT2D eigenvalue weighted by atomic mass is 32.1. The molecule has 2 N–H and O–H groups in total. The highest BCUT2D eigenvalue weighted by Gasteiger charge is 2.16. The van der Waals surface area contributed by atoms with Gasteiger partial charge < -0.3 is 10.1 Å². The molecule has 7 heteroatoms. The van der Waals surface area contributed by atoms with Gasteiger partial charge in [0.1, 0.15) is 5.75 Å². The summed E-state index contributed by atoms with van der Waals surface area (Å²) in [6, 6.07) is 4.94.